The molecular formula is C12H20N2O3. The molecule has 96 valence electrons. The number of ether oxygens (including phenoxy) is 2. The highest BCUT2D eigenvalue weighted by Gasteiger charge is 2.29. The van der Waals surface area contributed by atoms with Gasteiger partial charge in [-0.15, -0.1) is 0 Å². The number of nitrogens with zero attached hydrogens (tertiary/aromatic N) is 2. The SMILES string of the molecule is CC(C)(C)OC(=O)N1CC[C@H](OCCC#N)C1. The second kappa shape index (κ2) is 5.87. The third-order valence-corrected chi connectivity index (χ3v) is 2.36. The topological polar surface area (TPSA) is 62.6 Å². The Balaban J connectivity index is 2.30. The van der Waals surface area contributed by atoms with Gasteiger partial charge in [-0.25, -0.2) is 4.79 Å². The van der Waals surface area contributed by atoms with Crippen LogP contribution in [-0.4, -0.2) is 42.4 Å². The number of carbonyl (C=O) groups excluding carboxylic acids is 1. The minimum Gasteiger partial charge on any atom is -0.444 e. The first kappa shape index (κ1) is 13.8. The molecule has 0 aromatic carbocycles. The summed E-state index contributed by atoms with van der Waals surface area (Å²) >= 11 is 0. The molecule has 0 aliphatic carbocycles. The minimum absolute atomic E-state index is 0.0378. The van der Waals surface area contributed by atoms with Gasteiger partial charge in [0.2, 0.25) is 0 Å². The van der Waals surface area contributed by atoms with Crippen molar-refractivity contribution in [3.05, 3.63) is 0 Å². The van der Waals surface area contributed by atoms with Crippen molar-refractivity contribution in [1.29, 1.82) is 5.26 Å². The van der Waals surface area contributed by atoms with Crippen molar-refractivity contribution in [2.75, 3.05) is 19.7 Å². The minimum atomic E-state index is -0.461. The smallest absolute Gasteiger partial charge is 0.410 e. The van der Waals surface area contributed by atoms with Crippen molar-refractivity contribution in [3.8, 4) is 6.07 Å². The van der Waals surface area contributed by atoms with Gasteiger partial charge in [-0.1, -0.05) is 0 Å². The summed E-state index contributed by atoms with van der Waals surface area (Å²) in [7, 11) is 0. The van der Waals surface area contributed by atoms with Crippen LogP contribution in [0.1, 0.15) is 33.6 Å². The van der Waals surface area contributed by atoms with E-state index in [-0.39, 0.29) is 12.2 Å². The highest BCUT2D eigenvalue weighted by molar-refractivity contribution is 5.68. The fourth-order valence-electron chi connectivity index (χ4n) is 1.63. The number of hydrogen-bond donors (Lipinski definition) is 0. The van der Waals surface area contributed by atoms with Gasteiger partial charge in [0.05, 0.1) is 31.7 Å². The maximum atomic E-state index is 11.7. The van der Waals surface area contributed by atoms with Crippen molar-refractivity contribution in [2.24, 2.45) is 0 Å². The Morgan fingerprint density at radius 1 is 1.53 bits per heavy atom. The molecule has 1 amide bonds. The van der Waals surface area contributed by atoms with E-state index in [1.807, 2.05) is 26.8 Å². The van der Waals surface area contributed by atoms with E-state index < -0.39 is 5.60 Å². The van der Waals surface area contributed by atoms with E-state index in [0.29, 0.717) is 26.1 Å². The first-order chi connectivity index (χ1) is 7.92. The Morgan fingerprint density at radius 2 is 2.24 bits per heavy atom. The lowest BCUT2D eigenvalue weighted by molar-refractivity contribution is 0.0216. The molecule has 0 N–H and O–H groups in total. The number of rotatable bonds is 3. The van der Waals surface area contributed by atoms with E-state index in [1.54, 1.807) is 4.90 Å². The molecular weight excluding hydrogens is 220 g/mol. The molecule has 0 aromatic heterocycles. The van der Waals surface area contributed by atoms with E-state index in [1.165, 1.54) is 0 Å². The molecule has 5 heteroatoms. The van der Waals surface area contributed by atoms with Crippen LogP contribution in [0.2, 0.25) is 0 Å². The number of nitriles is 1. The van der Waals surface area contributed by atoms with Crippen LogP contribution in [0.3, 0.4) is 0 Å². The van der Waals surface area contributed by atoms with E-state index >= 15 is 0 Å². The monoisotopic (exact) mass is 240 g/mol. The van der Waals surface area contributed by atoms with E-state index in [0.717, 1.165) is 6.42 Å². The number of amides is 1. The zero-order chi connectivity index (χ0) is 12.9. The summed E-state index contributed by atoms with van der Waals surface area (Å²) in [5.74, 6) is 0. The molecule has 1 heterocycles. The molecule has 0 unspecified atom stereocenters. The highest BCUT2D eigenvalue weighted by Crippen LogP contribution is 2.17. The van der Waals surface area contributed by atoms with E-state index in [2.05, 4.69) is 0 Å². The normalized spacial score (nSPS) is 20.1. The Bertz CT molecular complexity index is 304. The molecule has 1 aliphatic heterocycles. The zero-order valence-corrected chi connectivity index (χ0v) is 10.7. The molecule has 5 nitrogen and oxygen atoms in total. The lowest BCUT2D eigenvalue weighted by Crippen LogP contribution is -2.36. The van der Waals surface area contributed by atoms with Crippen LogP contribution in [-0.2, 0) is 9.47 Å². The van der Waals surface area contributed by atoms with Crippen LogP contribution in [0.15, 0.2) is 0 Å². The summed E-state index contributed by atoms with van der Waals surface area (Å²) in [4.78, 5) is 13.4. The van der Waals surface area contributed by atoms with Gasteiger partial charge >= 0.3 is 6.09 Å². The summed E-state index contributed by atoms with van der Waals surface area (Å²) in [6, 6.07) is 2.03. The van der Waals surface area contributed by atoms with Crippen LogP contribution in [0.5, 0.6) is 0 Å². The largest absolute Gasteiger partial charge is 0.444 e. The number of carbonyl (C=O) groups is 1. The van der Waals surface area contributed by atoms with E-state index in [9.17, 15) is 4.79 Å². The molecule has 1 fully saturated rings. The molecule has 0 radical (unpaired) electrons. The van der Waals surface area contributed by atoms with Crippen molar-refractivity contribution in [2.45, 2.75) is 45.3 Å². The summed E-state index contributed by atoms with van der Waals surface area (Å²) < 4.78 is 10.8. The average molecular weight is 240 g/mol. The first-order valence-electron chi connectivity index (χ1n) is 5.89. The summed E-state index contributed by atoms with van der Waals surface area (Å²) in [5, 5.41) is 8.39. The van der Waals surface area contributed by atoms with Crippen LogP contribution in [0.25, 0.3) is 0 Å². The van der Waals surface area contributed by atoms with Gasteiger partial charge in [0, 0.05) is 6.54 Å². The van der Waals surface area contributed by atoms with Crippen LogP contribution < -0.4 is 0 Å². The molecule has 0 bridgehead atoms. The van der Waals surface area contributed by atoms with Gasteiger partial charge in [-0.2, -0.15) is 5.26 Å². The zero-order valence-electron chi connectivity index (χ0n) is 10.7. The summed E-state index contributed by atoms with van der Waals surface area (Å²) in [6.45, 7) is 7.20. The predicted octanol–water partition coefficient (Wildman–Crippen LogP) is 1.93. The van der Waals surface area contributed by atoms with Gasteiger partial charge in [-0.3, -0.25) is 0 Å². The maximum absolute atomic E-state index is 11.7. The van der Waals surface area contributed by atoms with Crippen molar-refractivity contribution < 1.29 is 14.3 Å². The van der Waals surface area contributed by atoms with Crippen molar-refractivity contribution in [3.63, 3.8) is 0 Å². The fraction of sp³-hybridized carbons (Fsp3) is 0.833. The van der Waals surface area contributed by atoms with Gasteiger partial charge in [0.1, 0.15) is 5.60 Å². The van der Waals surface area contributed by atoms with Crippen molar-refractivity contribution in [1.82, 2.24) is 4.90 Å². The van der Waals surface area contributed by atoms with E-state index in [4.69, 9.17) is 14.7 Å². The van der Waals surface area contributed by atoms with Gasteiger partial charge in [0.25, 0.3) is 0 Å². The van der Waals surface area contributed by atoms with Crippen molar-refractivity contribution >= 4 is 6.09 Å². The maximum Gasteiger partial charge on any atom is 0.410 e. The standard InChI is InChI=1S/C12H20N2O3/c1-12(2,3)17-11(15)14-7-5-10(9-14)16-8-4-6-13/h10H,4-5,7-9H2,1-3H3/t10-/m0/s1. The highest BCUT2D eigenvalue weighted by atomic mass is 16.6. The Hall–Kier alpha value is -1.28. The molecule has 17 heavy (non-hydrogen) atoms. The molecule has 1 atom stereocenters. The summed E-state index contributed by atoms with van der Waals surface area (Å²) in [5.41, 5.74) is -0.461. The molecule has 0 saturated carbocycles. The number of hydrogen-bond acceptors (Lipinski definition) is 4. The second-order valence-electron chi connectivity index (χ2n) is 5.12. The van der Waals surface area contributed by atoms with Crippen LogP contribution >= 0.6 is 0 Å². The molecule has 1 aliphatic rings. The Morgan fingerprint density at radius 3 is 2.82 bits per heavy atom. The van der Waals surface area contributed by atoms with Gasteiger partial charge in [0.15, 0.2) is 0 Å². The lowest BCUT2D eigenvalue weighted by Gasteiger charge is -2.24. The first-order valence-corrected chi connectivity index (χ1v) is 5.89. The summed E-state index contributed by atoms with van der Waals surface area (Å²) in [6.07, 6.45) is 0.952. The molecule has 1 rings (SSSR count). The third-order valence-electron chi connectivity index (χ3n) is 2.36. The van der Waals surface area contributed by atoms with Gasteiger partial charge in [-0.05, 0) is 27.2 Å². The lowest BCUT2D eigenvalue weighted by atomic mass is 10.2. The van der Waals surface area contributed by atoms with Gasteiger partial charge < -0.3 is 14.4 Å². The molecule has 0 spiro atoms. The number of likely N-dealkylation sites (tertiary alicyclic amines) is 1. The quantitative estimate of drug-likeness (QED) is 0.707. The molecule has 1 saturated heterocycles. The van der Waals surface area contributed by atoms with Crippen LogP contribution in [0.4, 0.5) is 4.79 Å². The Kier molecular flexibility index (Phi) is 4.76. The average Bonchev–Trinajstić information content (AvgIpc) is 2.64. The second-order valence-corrected chi connectivity index (χ2v) is 5.12. The third kappa shape index (κ3) is 5.05. The fourth-order valence-corrected chi connectivity index (χ4v) is 1.63. The van der Waals surface area contributed by atoms with Crippen LogP contribution in [0, 0.1) is 11.3 Å². The Labute approximate surface area is 102 Å². The molecule has 0 aromatic rings. The predicted molar refractivity (Wildman–Crippen MR) is 62.4 cm³/mol.